The maximum absolute atomic E-state index is 13.5. The van der Waals surface area contributed by atoms with E-state index in [0.717, 1.165) is 48.1 Å². The summed E-state index contributed by atoms with van der Waals surface area (Å²) in [7, 11) is -1.07. The molecule has 30 heteroatoms. The van der Waals surface area contributed by atoms with Crippen LogP contribution in [-0.2, 0) is 71.9 Å². The first-order valence-corrected chi connectivity index (χ1v) is 31.3. The second-order valence-electron chi connectivity index (χ2n) is 18.7. The van der Waals surface area contributed by atoms with Crippen LogP contribution in [0.1, 0.15) is 83.7 Å². The van der Waals surface area contributed by atoms with Crippen molar-refractivity contribution in [3.8, 4) is 5.75 Å². The first-order chi connectivity index (χ1) is 40.7. The highest BCUT2D eigenvalue weighted by Crippen LogP contribution is 2.39. The third-order valence-electron chi connectivity index (χ3n) is 11.7. The number of carbonyl (C=O) groups is 2. The van der Waals surface area contributed by atoms with Crippen LogP contribution in [0.15, 0.2) is 48.8 Å². The monoisotopic (exact) mass is 1270 g/mol. The molecule has 3 atom stereocenters. The van der Waals surface area contributed by atoms with Crippen LogP contribution in [0.25, 0.3) is 11.0 Å². The first kappa shape index (κ1) is 74.6. The number of hydrogen-bond donors (Lipinski definition) is 5. The fraction of sp³-hybridized carbons (Fsp3) is 0.618. The number of nitrogens with zero attached hydrogens (tertiary/aromatic N) is 7. The second-order valence-corrected chi connectivity index (χ2v) is 22.2. The Morgan fingerprint density at radius 3 is 1.89 bits per heavy atom. The van der Waals surface area contributed by atoms with E-state index in [-0.39, 0.29) is 57.2 Å². The molecule has 0 spiro atoms. The van der Waals surface area contributed by atoms with Crippen LogP contribution in [0, 0.1) is 23.4 Å². The quantitative estimate of drug-likeness (QED) is 0.00618. The summed E-state index contributed by atoms with van der Waals surface area (Å²) in [6.45, 7) is 12.9. The smallest absolute Gasteiger partial charge is 0.313 e. The van der Waals surface area contributed by atoms with Crippen LogP contribution in [0.3, 0.4) is 0 Å². The van der Waals surface area contributed by atoms with Crippen LogP contribution < -0.4 is 15.4 Å². The summed E-state index contributed by atoms with van der Waals surface area (Å²) in [5, 5.41) is 20.1. The number of aromatic nitrogens is 7. The molecule has 1 aliphatic heterocycles. The van der Waals surface area contributed by atoms with Gasteiger partial charge in [-0.15, -0.1) is 5.10 Å². The molecule has 1 saturated carbocycles. The fourth-order valence-electron chi connectivity index (χ4n) is 7.08. The van der Waals surface area contributed by atoms with Crippen molar-refractivity contribution in [1.29, 1.82) is 0 Å². The van der Waals surface area contributed by atoms with Gasteiger partial charge in [-0.25, -0.2) is 22.5 Å². The molecular weight excluding hydrogens is 1180 g/mol. The molecule has 3 unspecified atom stereocenters. The van der Waals surface area contributed by atoms with Gasteiger partial charge in [-0.3, -0.25) is 4.79 Å². The number of hydrogen-bond acceptors (Lipinski definition) is 22. The van der Waals surface area contributed by atoms with E-state index in [1.165, 1.54) is 12.8 Å². The minimum atomic E-state index is -1.86. The number of aldehydes is 1. The molecule has 5 aromatic rings. The molecule has 7 rings (SSSR count). The highest BCUT2D eigenvalue weighted by molar-refractivity contribution is 7.65. The number of ether oxygens (including phenoxy) is 10. The summed E-state index contributed by atoms with van der Waals surface area (Å²) < 4.78 is 97.0. The Morgan fingerprint density at radius 2 is 1.38 bits per heavy atom. The van der Waals surface area contributed by atoms with E-state index in [1.807, 2.05) is 23.9 Å². The number of fused-ring (bicyclic) bond motifs is 1. The van der Waals surface area contributed by atoms with Crippen molar-refractivity contribution >= 4 is 62.9 Å². The molecule has 24 nitrogen and oxygen atoms in total. The predicted molar refractivity (Wildman–Crippen MR) is 316 cm³/mol. The molecule has 0 bridgehead atoms. The lowest BCUT2D eigenvalue weighted by Crippen LogP contribution is -2.15. The lowest BCUT2D eigenvalue weighted by atomic mass is 10.2. The van der Waals surface area contributed by atoms with Gasteiger partial charge in [0.25, 0.3) is 0 Å². The zero-order valence-electron chi connectivity index (χ0n) is 48.1. The summed E-state index contributed by atoms with van der Waals surface area (Å²) in [6.07, 6.45) is 10.7. The topological polar surface area (TPSA) is 285 Å². The maximum Gasteiger partial charge on any atom is 0.313 e. The summed E-state index contributed by atoms with van der Waals surface area (Å²) in [6, 6.07) is 9.06. The predicted octanol–water partition coefficient (Wildman–Crippen LogP) is 8.45. The van der Waals surface area contributed by atoms with Crippen LogP contribution in [0.4, 0.5) is 24.7 Å². The zero-order chi connectivity index (χ0) is 60.7. The van der Waals surface area contributed by atoms with E-state index in [0.29, 0.717) is 135 Å². The van der Waals surface area contributed by atoms with Crippen molar-refractivity contribution in [2.24, 2.45) is 5.92 Å². The van der Waals surface area contributed by atoms with Gasteiger partial charge in [0.15, 0.2) is 31.9 Å². The molecule has 85 heavy (non-hydrogen) atoms. The third kappa shape index (κ3) is 32.8. The molecule has 1 saturated heterocycles. The summed E-state index contributed by atoms with van der Waals surface area (Å²) in [5.41, 5.74) is 3.62. The van der Waals surface area contributed by atoms with Crippen LogP contribution in [-0.4, -0.2) is 187 Å². The van der Waals surface area contributed by atoms with Crippen molar-refractivity contribution in [3.05, 3.63) is 82.8 Å². The minimum absolute atomic E-state index is 0. The van der Waals surface area contributed by atoms with Gasteiger partial charge in [0.05, 0.1) is 148 Å². The van der Waals surface area contributed by atoms with E-state index in [4.69, 9.17) is 68.9 Å². The number of anilines is 2. The second kappa shape index (κ2) is 44.7. The summed E-state index contributed by atoms with van der Waals surface area (Å²) >= 11 is 6.18. The Kier molecular flexibility index (Phi) is 39.2. The Morgan fingerprint density at radius 1 is 0.812 bits per heavy atom. The molecule has 2 fully saturated rings. The zero-order valence-corrected chi connectivity index (χ0v) is 50.6. The Balaban J connectivity index is 0.000000402. The van der Waals surface area contributed by atoms with Gasteiger partial charge in [0, 0.05) is 46.0 Å². The van der Waals surface area contributed by atoms with Gasteiger partial charge in [-0.2, -0.15) is 15.1 Å². The third-order valence-corrected chi connectivity index (χ3v) is 14.5. The van der Waals surface area contributed by atoms with Crippen molar-refractivity contribution in [3.63, 3.8) is 0 Å². The van der Waals surface area contributed by atoms with Crippen LogP contribution in [0.2, 0.25) is 5.28 Å². The number of halogens is 4. The van der Waals surface area contributed by atoms with Gasteiger partial charge >= 0.3 is 5.97 Å². The van der Waals surface area contributed by atoms with E-state index < -0.39 is 45.7 Å². The van der Waals surface area contributed by atoms with E-state index in [9.17, 15) is 22.8 Å². The Hall–Kier alpha value is -4.67. The number of esters is 1. The number of carbonyl (C=O) groups excluding carboxylic acids is 2. The number of rotatable bonds is 38. The fourth-order valence-corrected chi connectivity index (χ4v) is 8.71. The van der Waals surface area contributed by atoms with Gasteiger partial charge in [-0.1, -0.05) is 51.5 Å². The molecule has 3 aromatic heterocycles. The number of nitrogens with one attached hydrogen (secondary N) is 2. The van der Waals surface area contributed by atoms with Crippen LogP contribution >= 0.6 is 28.1 Å². The van der Waals surface area contributed by atoms with E-state index in [2.05, 4.69) is 66.7 Å². The lowest BCUT2D eigenvalue weighted by molar-refractivity contribution is -0.136. The van der Waals surface area contributed by atoms with Crippen molar-refractivity contribution < 1.29 is 84.8 Å². The molecule has 4 heterocycles. The van der Waals surface area contributed by atoms with Crippen LogP contribution in [0.5, 0.6) is 5.75 Å². The lowest BCUT2D eigenvalue weighted by Gasteiger charge is -2.14. The van der Waals surface area contributed by atoms with Gasteiger partial charge in [-0.05, 0) is 61.1 Å². The normalized spacial score (nSPS) is 14.8. The molecule has 0 amide bonds. The SMILES string of the molecule is C.CC1CC1.CCC1CCC(n2ncc3c(NCc4ccc(NC)cc4)nc(Cl)nc32)O1.CP(O)CP(O)O.O=CCCOCCOCCOCCOCc1cn(CCOCCOCCOCCOCCC(=O)Oc2c(F)cc(F)cc2F)nn1. The minimum Gasteiger partial charge on any atom is -0.420 e. The highest BCUT2D eigenvalue weighted by atomic mass is 35.5. The van der Waals surface area contributed by atoms with Gasteiger partial charge in [0.1, 0.15) is 23.6 Å². The molecule has 5 N–H and O–H groups in total. The van der Waals surface area contributed by atoms with Gasteiger partial charge in [0.2, 0.25) is 11.0 Å². The van der Waals surface area contributed by atoms with Crippen molar-refractivity contribution in [2.45, 2.75) is 98.2 Å². The molecule has 2 aliphatic rings. The van der Waals surface area contributed by atoms with Crippen molar-refractivity contribution in [2.75, 3.05) is 129 Å². The summed E-state index contributed by atoms with van der Waals surface area (Å²) in [4.78, 5) is 55.5. The average Bonchev–Trinajstić information content (AvgIpc) is 2.91. The highest BCUT2D eigenvalue weighted by Gasteiger charge is 2.28. The Bertz CT molecular complexity index is 2550. The first-order valence-electron chi connectivity index (χ1n) is 27.6. The summed E-state index contributed by atoms with van der Waals surface area (Å²) in [5.74, 6) is -3.66. The van der Waals surface area contributed by atoms with Gasteiger partial charge < -0.3 is 77.5 Å². The molecule has 2 aromatic carbocycles. The molecule has 0 radical (unpaired) electrons. The maximum atomic E-state index is 13.5. The standard InChI is InChI=1S/C29H42F3N3O11.C19H23ClN6O.C4H8.C2H8O3P2.CH4/c30-24-20-26(31)29(27(32)21-24)46-28(37)2-6-39-9-12-42-14-15-43-13-10-40-7-3-35-22-25(33-34-35)23-45-19-18-44-17-16-41-11-8-38-5-1-4-36;1-3-14-8-9-16(27-14)26-18-15(11-23-26)17(24-19(20)25-18)22-10-12-4-6-13(21-2)7-5-12;1-4-2-3-4;1-6(3)2-7(4)5;/h4,20-22H,1-3,5-19,23H2;4-7,11,14,16,21H,3,8-10H2,1-2H3,(H,22,24,25);4H,2-3H2,1H3;3-5H,2H2,1H3;1H4. The molecule has 478 valence electrons. The number of benzene rings is 2. The van der Waals surface area contributed by atoms with Crippen molar-refractivity contribution in [1.82, 2.24) is 34.7 Å². The average molecular weight is 1270 g/mol. The largest absolute Gasteiger partial charge is 0.420 e. The molecular formula is C55H85ClF3N9O15P2. The van der Waals surface area contributed by atoms with E-state index >= 15 is 0 Å². The Labute approximate surface area is 502 Å². The van der Waals surface area contributed by atoms with E-state index in [1.54, 1.807) is 23.7 Å². The molecule has 1 aliphatic carbocycles.